The highest BCUT2D eigenvalue weighted by Crippen LogP contribution is 2.66. The van der Waals surface area contributed by atoms with Crippen LogP contribution in [0.25, 0.3) is 22.2 Å². The lowest BCUT2D eigenvalue weighted by Gasteiger charge is -2.34. The number of nitrogen functional groups attached to an aromatic ring is 1. The molecule has 44 heavy (non-hydrogen) atoms. The lowest BCUT2D eigenvalue weighted by Crippen LogP contribution is -2.48. The van der Waals surface area contributed by atoms with Gasteiger partial charge in [-0.2, -0.15) is 23.1 Å². The van der Waals surface area contributed by atoms with E-state index in [1.54, 1.807) is 0 Å². The Hall–Kier alpha value is -3.19. The van der Waals surface area contributed by atoms with Crippen molar-refractivity contribution in [1.82, 2.24) is 19.9 Å². The third kappa shape index (κ3) is 3.80. The highest BCUT2D eigenvalue weighted by molar-refractivity contribution is 6.36. The Morgan fingerprint density at radius 1 is 1.16 bits per heavy atom. The van der Waals surface area contributed by atoms with E-state index >= 15 is 4.39 Å². The molecule has 0 bridgehead atoms. The molecule has 2 aromatic heterocycles. The standard InChI is InChI=1S/C30H30ClF5N6O2/c1-14-10-16(37)38-22(19(14)30(34,35)36)17-20(31)24-18-23(21(17)33)39-26(43-13-27-4-3-9-42(27)12-15(32)11-27)40-25(18)41(2)28(5-6-28)29(44-24)7-8-29/h10,15H,3-9,11-13H2,1-2H3,(H2,37,38)/t15-,27+/m1/s1. The summed E-state index contributed by atoms with van der Waals surface area (Å²) in [5, 5.41) is -0.199. The molecule has 2 saturated carbocycles. The van der Waals surface area contributed by atoms with E-state index in [2.05, 4.69) is 14.9 Å². The molecule has 234 valence electrons. The summed E-state index contributed by atoms with van der Waals surface area (Å²) in [4.78, 5) is 17.1. The summed E-state index contributed by atoms with van der Waals surface area (Å²) in [6, 6.07) is 0.926. The highest BCUT2D eigenvalue weighted by Gasteiger charge is 2.71. The van der Waals surface area contributed by atoms with Crippen molar-refractivity contribution in [3.8, 4) is 23.0 Å². The summed E-state index contributed by atoms with van der Waals surface area (Å²) in [6.07, 6.45) is -0.945. The summed E-state index contributed by atoms with van der Waals surface area (Å²) >= 11 is 6.85. The number of likely N-dealkylation sites (N-methyl/N-ethyl adjacent to an activating group) is 1. The maximum Gasteiger partial charge on any atom is 0.418 e. The third-order valence-corrected chi connectivity index (χ3v) is 10.8. The summed E-state index contributed by atoms with van der Waals surface area (Å²) in [5.41, 5.74) is 1.23. The first-order valence-corrected chi connectivity index (χ1v) is 15.2. The van der Waals surface area contributed by atoms with Gasteiger partial charge in [-0.1, -0.05) is 11.6 Å². The maximum absolute atomic E-state index is 16.8. The first-order chi connectivity index (χ1) is 20.8. The molecular weight excluding hydrogens is 607 g/mol. The number of hydrogen-bond acceptors (Lipinski definition) is 8. The molecule has 8 nitrogen and oxygen atoms in total. The number of aromatic nitrogens is 3. The average Bonchev–Trinajstić information content (AvgIpc) is 3.85. The Labute approximate surface area is 254 Å². The fourth-order valence-corrected chi connectivity index (χ4v) is 8.42. The quantitative estimate of drug-likeness (QED) is 0.337. The Kier molecular flexibility index (Phi) is 5.76. The second-order valence-corrected chi connectivity index (χ2v) is 13.4. The minimum Gasteiger partial charge on any atom is -0.482 e. The van der Waals surface area contributed by atoms with E-state index in [9.17, 15) is 17.6 Å². The minimum atomic E-state index is -4.89. The fraction of sp³-hybridized carbons (Fsp3) is 0.567. The number of anilines is 2. The lowest BCUT2D eigenvalue weighted by molar-refractivity contribution is -0.137. The molecule has 3 aliphatic heterocycles. The van der Waals surface area contributed by atoms with E-state index in [1.807, 2.05) is 11.9 Å². The summed E-state index contributed by atoms with van der Waals surface area (Å²) in [6.45, 7) is 2.41. The average molecular weight is 637 g/mol. The van der Waals surface area contributed by atoms with Crippen molar-refractivity contribution >= 4 is 34.1 Å². The van der Waals surface area contributed by atoms with Crippen molar-refractivity contribution in [3.05, 3.63) is 28.0 Å². The monoisotopic (exact) mass is 636 g/mol. The number of halogens is 6. The van der Waals surface area contributed by atoms with Crippen LogP contribution in [0.2, 0.25) is 5.02 Å². The number of fused-ring (bicyclic) bond motifs is 2. The zero-order chi connectivity index (χ0) is 31.0. The third-order valence-electron chi connectivity index (χ3n) is 10.5. The number of alkyl halides is 4. The van der Waals surface area contributed by atoms with Gasteiger partial charge in [-0.05, 0) is 63.6 Å². The van der Waals surface area contributed by atoms with Crippen molar-refractivity contribution in [2.24, 2.45) is 0 Å². The number of benzene rings is 1. The molecule has 8 rings (SSSR count). The highest BCUT2D eigenvalue weighted by atomic mass is 35.5. The second kappa shape index (κ2) is 8.96. The predicted octanol–water partition coefficient (Wildman–Crippen LogP) is 6.24. The molecule has 2 saturated heterocycles. The van der Waals surface area contributed by atoms with Crippen molar-refractivity contribution in [2.75, 3.05) is 37.4 Å². The van der Waals surface area contributed by atoms with Crippen LogP contribution in [-0.4, -0.2) is 69.4 Å². The van der Waals surface area contributed by atoms with E-state index in [0.29, 0.717) is 31.6 Å². The SMILES string of the molecule is Cc1cc(N)nc(-c2c(Cl)c3c4c(nc(OC[C@@]56CCCN5C[C@H](F)C6)nc4c2F)N(C)C2(CC2)C2(CC2)O3)c1C(F)(F)F. The maximum atomic E-state index is 16.8. The molecule has 4 fully saturated rings. The Bertz CT molecular complexity index is 1750. The Balaban J connectivity index is 1.35. The number of hydrogen-bond donors (Lipinski definition) is 1. The van der Waals surface area contributed by atoms with Crippen LogP contribution in [-0.2, 0) is 6.18 Å². The van der Waals surface area contributed by atoms with Crippen LogP contribution in [0, 0.1) is 12.7 Å². The van der Waals surface area contributed by atoms with Gasteiger partial charge in [-0.25, -0.2) is 13.8 Å². The minimum absolute atomic E-state index is 0.0133. The van der Waals surface area contributed by atoms with Crippen molar-refractivity contribution in [3.63, 3.8) is 0 Å². The van der Waals surface area contributed by atoms with Gasteiger partial charge in [-0.15, -0.1) is 0 Å². The summed E-state index contributed by atoms with van der Waals surface area (Å²) in [7, 11) is 1.85. The van der Waals surface area contributed by atoms with Gasteiger partial charge in [0, 0.05) is 20.0 Å². The van der Waals surface area contributed by atoms with Gasteiger partial charge in [0.2, 0.25) is 0 Å². The normalized spacial score (nSPS) is 26.3. The molecule has 1 aromatic carbocycles. The molecule has 3 aromatic rings. The molecule has 2 aliphatic carbocycles. The van der Waals surface area contributed by atoms with Crippen LogP contribution in [0.15, 0.2) is 6.07 Å². The lowest BCUT2D eigenvalue weighted by atomic mass is 9.95. The van der Waals surface area contributed by atoms with Crippen LogP contribution in [0.1, 0.15) is 56.1 Å². The van der Waals surface area contributed by atoms with Crippen LogP contribution in [0.5, 0.6) is 11.8 Å². The Morgan fingerprint density at radius 3 is 2.59 bits per heavy atom. The molecule has 0 unspecified atom stereocenters. The van der Waals surface area contributed by atoms with Gasteiger partial charge in [0.1, 0.15) is 35.5 Å². The molecule has 2 spiro atoms. The fourth-order valence-electron chi connectivity index (χ4n) is 8.12. The largest absolute Gasteiger partial charge is 0.482 e. The molecule has 5 heterocycles. The van der Waals surface area contributed by atoms with Crippen molar-refractivity contribution in [1.29, 1.82) is 0 Å². The molecule has 5 aliphatic rings. The first-order valence-electron chi connectivity index (χ1n) is 14.8. The predicted molar refractivity (Wildman–Crippen MR) is 153 cm³/mol. The van der Waals surface area contributed by atoms with Crippen LogP contribution >= 0.6 is 11.6 Å². The molecular formula is C30H30ClF5N6O2. The molecule has 0 radical (unpaired) electrons. The molecule has 2 atom stereocenters. The van der Waals surface area contributed by atoms with Crippen LogP contribution in [0.4, 0.5) is 33.6 Å². The number of nitrogens with two attached hydrogens (primary N) is 1. The summed E-state index contributed by atoms with van der Waals surface area (Å²) in [5.74, 6) is -1.01. The van der Waals surface area contributed by atoms with E-state index < -0.39 is 51.7 Å². The topological polar surface area (TPSA) is 89.6 Å². The number of ether oxygens (including phenoxy) is 2. The van der Waals surface area contributed by atoms with E-state index in [4.69, 9.17) is 31.8 Å². The second-order valence-electron chi connectivity index (χ2n) is 13.0. The first kappa shape index (κ1) is 28.3. The van der Waals surface area contributed by atoms with Gasteiger partial charge in [0.05, 0.1) is 38.3 Å². The van der Waals surface area contributed by atoms with Gasteiger partial charge in [0.15, 0.2) is 11.6 Å². The molecule has 14 heteroatoms. The van der Waals surface area contributed by atoms with Crippen LogP contribution in [0.3, 0.4) is 0 Å². The van der Waals surface area contributed by atoms with Gasteiger partial charge < -0.3 is 20.1 Å². The van der Waals surface area contributed by atoms with E-state index in [-0.39, 0.29) is 45.7 Å². The van der Waals surface area contributed by atoms with Crippen molar-refractivity contribution < 1.29 is 31.4 Å². The smallest absolute Gasteiger partial charge is 0.418 e. The number of nitrogens with zero attached hydrogens (tertiary/aromatic N) is 5. The van der Waals surface area contributed by atoms with E-state index in [0.717, 1.165) is 38.3 Å². The molecule has 2 N–H and O–H groups in total. The zero-order valence-electron chi connectivity index (χ0n) is 24.1. The summed E-state index contributed by atoms with van der Waals surface area (Å²) < 4.78 is 87.2. The van der Waals surface area contributed by atoms with E-state index in [1.165, 1.54) is 6.92 Å². The van der Waals surface area contributed by atoms with Gasteiger partial charge in [0.25, 0.3) is 0 Å². The zero-order valence-corrected chi connectivity index (χ0v) is 24.9. The number of pyridine rings is 1. The van der Waals surface area contributed by atoms with Crippen LogP contribution < -0.4 is 20.1 Å². The van der Waals surface area contributed by atoms with Crippen molar-refractivity contribution in [2.45, 2.75) is 80.9 Å². The molecule has 0 amide bonds. The number of aryl methyl sites for hydroxylation is 1. The van der Waals surface area contributed by atoms with Gasteiger partial charge in [-0.3, -0.25) is 4.90 Å². The number of rotatable bonds is 4. The Morgan fingerprint density at radius 2 is 1.91 bits per heavy atom. The van der Waals surface area contributed by atoms with Gasteiger partial charge >= 0.3 is 12.2 Å².